The molecule has 158 valence electrons. The van der Waals surface area contributed by atoms with Crippen molar-refractivity contribution in [3.8, 4) is 11.5 Å². The zero-order valence-electron chi connectivity index (χ0n) is 17.9. The third kappa shape index (κ3) is 4.06. The summed E-state index contributed by atoms with van der Waals surface area (Å²) in [6.45, 7) is 3.51. The summed E-state index contributed by atoms with van der Waals surface area (Å²) >= 11 is 0. The predicted octanol–water partition coefficient (Wildman–Crippen LogP) is 3.08. The Balaban J connectivity index is 1.35. The first-order valence-corrected chi connectivity index (χ1v) is 10.3. The maximum Gasteiger partial charge on any atom is 0.193 e. The van der Waals surface area contributed by atoms with Crippen molar-refractivity contribution in [2.45, 2.75) is 25.9 Å². The first kappa shape index (κ1) is 20.1. The maximum atomic E-state index is 5.47. The number of hydrogen-bond acceptors (Lipinski definition) is 4. The van der Waals surface area contributed by atoms with Gasteiger partial charge in [0.1, 0.15) is 0 Å². The van der Waals surface area contributed by atoms with Crippen LogP contribution < -0.4 is 14.8 Å². The van der Waals surface area contributed by atoms with Gasteiger partial charge >= 0.3 is 0 Å². The average molecular weight is 408 g/mol. The lowest BCUT2D eigenvalue weighted by Crippen LogP contribution is -2.44. The summed E-state index contributed by atoms with van der Waals surface area (Å²) in [5.41, 5.74) is 4.79. The molecule has 0 unspecified atom stereocenters. The molecule has 30 heavy (non-hydrogen) atoms. The molecule has 0 bridgehead atoms. The van der Waals surface area contributed by atoms with Crippen LogP contribution in [0.1, 0.15) is 17.5 Å². The smallest absolute Gasteiger partial charge is 0.193 e. The molecule has 0 spiro atoms. The Bertz CT molecular complexity index is 1040. The molecule has 4 rings (SSSR count). The van der Waals surface area contributed by atoms with Gasteiger partial charge in [-0.1, -0.05) is 12.1 Å². The quantitative estimate of drug-likeness (QED) is 0.387. The number of guanidine groups is 1. The van der Waals surface area contributed by atoms with Crippen LogP contribution in [0.2, 0.25) is 0 Å². The van der Waals surface area contributed by atoms with Gasteiger partial charge in [0.25, 0.3) is 0 Å². The minimum atomic E-state index is 0.772. The van der Waals surface area contributed by atoms with Gasteiger partial charge in [-0.05, 0) is 48.2 Å². The van der Waals surface area contributed by atoms with Crippen LogP contribution in [0.5, 0.6) is 11.5 Å². The van der Waals surface area contributed by atoms with E-state index in [1.807, 2.05) is 25.5 Å². The van der Waals surface area contributed by atoms with Crippen LogP contribution in [0.25, 0.3) is 11.0 Å². The zero-order chi connectivity index (χ0) is 20.9. The Morgan fingerprint density at radius 1 is 1.13 bits per heavy atom. The number of nitrogens with zero attached hydrogens (tertiary/aromatic N) is 4. The molecule has 7 nitrogen and oxygen atoms in total. The number of aryl methyl sites for hydroxylation is 1. The molecule has 0 aliphatic carbocycles. The standard InChI is InChI=1S/C23H29N5O2/c1-24-23(25-10-6-11-28-16-26-19-7-4-5-8-20(19)28)27-12-9-17-13-21(29-2)22(30-3)14-18(17)15-27/h4-5,7-8,13-14,16H,6,9-12,15H2,1-3H3,(H,24,25). The maximum absolute atomic E-state index is 5.47. The van der Waals surface area contributed by atoms with Crippen molar-refractivity contribution in [1.29, 1.82) is 0 Å². The summed E-state index contributed by atoms with van der Waals surface area (Å²) in [6, 6.07) is 12.4. The molecule has 3 aromatic rings. The van der Waals surface area contributed by atoms with E-state index in [0.29, 0.717) is 0 Å². The Kier molecular flexibility index (Phi) is 6.07. The molecule has 1 aliphatic heterocycles. The molecule has 2 heterocycles. The van der Waals surface area contributed by atoms with Gasteiger partial charge in [0, 0.05) is 33.2 Å². The number of benzene rings is 2. The minimum Gasteiger partial charge on any atom is -0.493 e. The highest BCUT2D eigenvalue weighted by molar-refractivity contribution is 5.80. The second-order valence-electron chi connectivity index (χ2n) is 7.40. The second-order valence-corrected chi connectivity index (χ2v) is 7.40. The van der Waals surface area contributed by atoms with Gasteiger partial charge in [-0.3, -0.25) is 4.99 Å². The molecule has 0 radical (unpaired) electrons. The second kappa shape index (κ2) is 9.07. The number of para-hydroxylation sites is 2. The van der Waals surface area contributed by atoms with Gasteiger partial charge in [0.15, 0.2) is 17.5 Å². The highest BCUT2D eigenvalue weighted by Crippen LogP contribution is 2.33. The first-order valence-electron chi connectivity index (χ1n) is 10.3. The van der Waals surface area contributed by atoms with Gasteiger partial charge in [-0.15, -0.1) is 0 Å². The van der Waals surface area contributed by atoms with E-state index in [-0.39, 0.29) is 0 Å². The molecule has 0 fully saturated rings. The van der Waals surface area contributed by atoms with Crippen LogP contribution in [0.4, 0.5) is 0 Å². The molecule has 0 saturated carbocycles. The van der Waals surface area contributed by atoms with Crippen LogP contribution in [0.15, 0.2) is 47.7 Å². The summed E-state index contributed by atoms with van der Waals surface area (Å²) in [4.78, 5) is 11.3. The Morgan fingerprint density at radius 3 is 2.67 bits per heavy atom. The molecule has 1 aromatic heterocycles. The Morgan fingerprint density at radius 2 is 1.90 bits per heavy atom. The van der Waals surface area contributed by atoms with Gasteiger partial charge in [-0.2, -0.15) is 0 Å². The van der Waals surface area contributed by atoms with Crippen LogP contribution in [-0.2, 0) is 19.5 Å². The molecular formula is C23H29N5O2. The normalized spacial score (nSPS) is 14.0. The van der Waals surface area contributed by atoms with Crippen LogP contribution in [0.3, 0.4) is 0 Å². The van der Waals surface area contributed by atoms with E-state index in [4.69, 9.17) is 9.47 Å². The van der Waals surface area contributed by atoms with E-state index >= 15 is 0 Å². The summed E-state index contributed by atoms with van der Waals surface area (Å²) in [5.74, 6) is 2.50. The van der Waals surface area contributed by atoms with E-state index < -0.39 is 0 Å². The number of rotatable bonds is 6. The Labute approximate surface area is 177 Å². The number of hydrogen-bond donors (Lipinski definition) is 1. The van der Waals surface area contributed by atoms with Crippen LogP contribution >= 0.6 is 0 Å². The molecule has 7 heteroatoms. The predicted molar refractivity (Wildman–Crippen MR) is 119 cm³/mol. The molecule has 1 N–H and O–H groups in total. The van der Waals surface area contributed by atoms with E-state index in [1.165, 1.54) is 16.6 Å². The van der Waals surface area contributed by atoms with Crippen molar-refractivity contribution in [3.63, 3.8) is 0 Å². The number of aliphatic imine (C=N–C) groups is 1. The monoisotopic (exact) mass is 407 g/mol. The van der Waals surface area contributed by atoms with Crippen LogP contribution in [0, 0.1) is 0 Å². The van der Waals surface area contributed by atoms with Crippen molar-refractivity contribution in [2.75, 3.05) is 34.4 Å². The fourth-order valence-corrected chi connectivity index (χ4v) is 4.03. The Hall–Kier alpha value is -3.22. The van der Waals surface area contributed by atoms with E-state index in [2.05, 4.69) is 49.0 Å². The number of imidazole rings is 1. The molecule has 0 atom stereocenters. The van der Waals surface area contributed by atoms with Gasteiger partial charge < -0.3 is 24.3 Å². The fraction of sp³-hybridized carbons (Fsp3) is 0.391. The zero-order valence-corrected chi connectivity index (χ0v) is 17.9. The van der Waals surface area contributed by atoms with E-state index in [9.17, 15) is 0 Å². The van der Waals surface area contributed by atoms with E-state index in [0.717, 1.165) is 62.0 Å². The fourth-order valence-electron chi connectivity index (χ4n) is 4.03. The lowest BCUT2D eigenvalue weighted by Gasteiger charge is -2.32. The minimum absolute atomic E-state index is 0.772. The van der Waals surface area contributed by atoms with Crippen molar-refractivity contribution >= 4 is 17.0 Å². The highest BCUT2D eigenvalue weighted by atomic mass is 16.5. The number of aromatic nitrogens is 2. The number of ether oxygens (including phenoxy) is 2. The first-order chi connectivity index (χ1) is 14.7. The van der Waals surface area contributed by atoms with Crippen molar-refractivity contribution in [2.24, 2.45) is 4.99 Å². The lowest BCUT2D eigenvalue weighted by molar-refractivity contribution is 0.346. The van der Waals surface area contributed by atoms with Crippen molar-refractivity contribution in [1.82, 2.24) is 19.8 Å². The lowest BCUT2D eigenvalue weighted by atomic mass is 9.99. The molecule has 2 aromatic carbocycles. The topological polar surface area (TPSA) is 63.9 Å². The molecule has 1 aliphatic rings. The van der Waals surface area contributed by atoms with Crippen molar-refractivity contribution in [3.05, 3.63) is 53.9 Å². The molecule has 0 amide bonds. The van der Waals surface area contributed by atoms with Gasteiger partial charge in [0.05, 0.1) is 31.6 Å². The molecular weight excluding hydrogens is 378 g/mol. The van der Waals surface area contributed by atoms with Crippen LogP contribution in [-0.4, -0.2) is 54.8 Å². The summed E-state index contributed by atoms with van der Waals surface area (Å²) in [5, 5.41) is 3.52. The number of fused-ring (bicyclic) bond motifs is 2. The SMILES string of the molecule is CN=C(NCCCn1cnc2ccccc21)N1CCc2cc(OC)c(OC)cc2C1. The third-order valence-electron chi connectivity index (χ3n) is 5.62. The molecule has 0 saturated heterocycles. The number of nitrogens with one attached hydrogen (secondary N) is 1. The highest BCUT2D eigenvalue weighted by Gasteiger charge is 2.21. The number of methoxy groups -OCH3 is 2. The third-order valence-corrected chi connectivity index (χ3v) is 5.62. The van der Waals surface area contributed by atoms with Gasteiger partial charge in [0.2, 0.25) is 0 Å². The summed E-state index contributed by atoms with van der Waals surface area (Å²) < 4.78 is 13.1. The average Bonchev–Trinajstić information content (AvgIpc) is 3.21. The largest absolute Gasteiger partial charge is 0.493 e. The van der Waals surface area contributed by atoms with E-state index in [1.54, 1.807) is 14.2 Å². The van der Waals surface area contributed by atoms with Gasteiger partial charge in [-0.25, -0.2) is 4.98 Å². The van der Waals surface area contributed by atoms with Crippen molar-refractivity contribution < 1.29 is 9.47 Å². The summed E-state index contributed by atoms with van der Waals surface area (Å²) in [6.07, 6.45) is 3.87. The summed E-state index contributed by atoms with van der Waals surface area (Å²) in [7, 11) is 5.20.